The number of hydrogen-bond donors (Lipinski definition) is 2. The summed E-state index contributed by atoms with van der Waals surface area (Å²) in [7, 11) is 0. The maximum atomic E-state index is 12.1. The normalized spacial score (nSPS) is 10.2. The summed E-state index contributed by atoms with van der Waals surface area (Å²) in [5, 5.41) is 5.98. The van der Waals surface area contributed by atoms with E-state index in [1.54, 1.807) is 0 Å². The Morgan fingerprint density at radius 1 is 0.793 bits per heavy atom. The summed E-state index contributed by atoms with van der Waals surface area (Å²) in [4.78, 5) is 12.1. The van der Waals surface area contributed by atoms with Crippen LogP contribution >= 0.6 is 0 Å². The highest BCUT2D eigenvalue weighted by Gasteiger charge is 2.03. The van der Waals surface area contributed by atoms with Gasteiger partial charge in [0, 0.05) is 11.4 Å². The van der Waals surface area contributed by atoms with Gasteiger partial charge in [-0.05, 0) is 60.5 Å². The molecule has 5 heteroatoms. The molecule has 0 saturated heterocycles. The first kappa shape index (κ1) is 20.3. The molecule has 3 aromatic carbocycles. The van der Waals surface area contributed by atoms with E-state index in [4.69, 9.17) is 9.47 Å². The minimum absolute atomic E-state index is 0.114. The van der Waals surface area contributed by atoms with Crippen molar-refractivity contribution in [2.75, 3.05) is 23.8 Å². The van der Waals surface area contributed by atoms with E-state index in [-0.39, 0.29) is 12.5 Å². The zero-order chi connectivity index (χ0) is 20.3. The Balaban J connectivity index is 1.41. The van der Waals surface area contributed by atoms with Gasteiger partial charge in [-0.1, -0.05) is 37.3 Å². The predicted octanol–water partition coefficient (Wildman–Crippen LogP) is 5.11. The van der Waals surface area contributed by atoms with E-state index in [0.717, 1.165) is 34.9 Å². The first-order valence-electron chi connectivity index (χ1n) is 9.76. The molecular formula is C24H26N2O3. The molecule has 2 N–H and O–H groups in total. The van der Waals surface area contributed by atoms with Crippen molar-refractivity contribution in [1.82, 2.24) is 0 Å². The van der Waals surface area contributed by atoms with Crippen LogP contribution in [0.15, 0.2) is 78.9 Å². The van der Waals surface area contributed by atoms with Gasteiger partial charge >= 0.3 is 0 Å². The third-order valence-corrected chi connectivity index (χ3v) is 4.17. The second kappa shape index (κ2) is 10.8. The summed E-state index contributed by atoms with van der Waals surface area (Å²) >= 11 is 0. The van der Waals surface area contributed by atoms with Gasteiger partial charge in [-0.2, -0.15) is 0 Å². The van der Waals surface area contributed by atoms with Crippen molar-refractivity contribution in [2.24, 2.45) is 0 Å². The molecule has 0 fully saturated rings. The number of amides is 1. The second-order valence-electron chi connectivity index (χ2n) is 6.57. The summed E-state index contributed by atoms with van der Waals surface area (Å²) < 4.78 is 11.3. The first-order chi connectivity index (χ1) is 14.2. The Hall–Kier alpha value is -3.47. The fourth-order valence-electron chi connectivity index (χ4n) is 2.65. The lowest BCUT2D eigenvalue weighted by molar-refractivity contribution is -0.114. The van der Waals surface area contributed by atoms with Crippen LogP contribution in [0.2, 0.25) is 0 Å². The zero-order valence-electron chi connectivity index (χ0n) is 16.6. The largest absolute Gasteiger partial charge is 0.494 e. The lowest BCUT2D eigenvalue weighted by Crippen LogP contribution is -2.21. The van der Waals surface area contributed by atoms with Crippen LogP contribution in [0.25, 0.3) is 0 Å². The highest BCUT2D eigenvalue weighted by molar-refractivity contribution is 5.93. The van der Waals surface area contributed by atoms with Crippen molar-refractivity contribution in [2.45, 2.75) is 20.0 Å². The topological polar surface area (TPSA) is 59.6 Å². The number of benzene rings is 3. The third-order valence-electron chi connectivity index (χ3n) is 4.17. The van der Waals surface area contributed by atoms with E-state index in [2.05, 4.69) is 17.6 Å². The number of nitrogens with one attached hydrogen (secondary N) is 2. The number of carbonyl (C=O) groups excluding carboxylic acids is 1. The van der Waals surface area contributed by atoms with Crippen molar-refractivity contribution in [3.05, 3.63) is 84.4 Å². The van der Waals surface area contributed by atoms with Crippen LogP contribution in [0.1, 0.15) is 18.9 Å². The molecule has 0 spiro atoms. The molecule has 0 saturated carbocycles. The average Bonchev–Trinajstić information content (AvgIpc) is 2.77. The van der Waals surface area contributed by atoms with Gasteiger partial charge in [0.25, 0.3) is 0 Å². The molecule has 0 atom stereocenters. The Bertz CT molecular complexity index is 878. The summed E-state index contributed by atoms with van der Waals surface area (Å²) in [6, 6.07) is 25.0. The Morgan fingerprint density at radius 3 is 2.07 bits per heavy atom. The van der Waals surface area contributed by atoms with E-state index < -0.39 is 0 Å². The molecule has 5 nitrogen and oxygen atoms in total. The van der Waals surface area contributed by atoms with Crippen LogP contribution in [0.5, 0.6) is 11.5 Å². The van der Waals surface area contributed by atoms with Gasteiger partial charge in [-0.3, -0.25) is 4.79 Å². The molecule has 0 aliphatic heterocycles. The Kier molecular flexibility index (Phi) is 7.52. The predicted molar refractivity (Wildman–Crippen MR) is 117 cm³/mol. The molecular weight excluding hydrogens is 364 g/mol. The highest BCUT2D eigenvalue weighted by Crippen LogP contribution is 2.18. The molecule has 0 aliphatic rings. The second-order valence-corrected chi connectivity index (χ2v) is 6.57. The molecule has 0 bridgehead atoms. The smallest absolute Gasteiger partial charge is 0.243 e. The molecule has 0 aromatic heterocycles. The van der Waals surface area contributed by atoms with Crippen molar-refractivity contribution < 1.29 is 14.3 Å². The van der Waals surface area contributed by atoms with Gasteiger partial charge < -0.3 is 20.1 Å². The summed E-state index contributed by atoms with van der Waals surface area (Å²) in [6.07, 6.45) is 0.963. The quantitative estimate of drug-likeness (QED) is 0.505. The van der Waals surface area contributed by atoms with Crippen molar-refractivity contribution in [3.8, 4) is 11.5 Å². The number of carbonyl (C=O) groups is 1. The molecule has 0 radical (unpaired) electrons. The molecule has 0 heterocycles. The standard InChI is InChI=1S/C24H26N2O3/c1-2-16-28-22-14-10-21(11-15-22)26-24(27)17-25-20-8-12-23(13-9-20)29-18-19-6-4-3-5-7-19/h3-15,25H,2,16-18H2,1H3,(H,26,27). The van der Waals surface area contributed by atoms with Gasteiger partial charge in [0.1, 0.15) is 18.1 Å². The van der Waals surface area contributed by atoms with Crippen molar-refractivity contribution in [1.29, 1.82) is 0 Å². The number of ether oxygens (including phenoxy) is 2. The summed E-state index contributed by atoms with van der Waals surface area (Å²) in [5.41, 5.74) is 2.72. The number of rotatable bonds is 10. The molecule has 3 rings (SSSR count). The number of anilines is 2. The van der Waals surface area contributed by atoms with Crippen LogP contribution < -0.4 is 20.1 Å². The fourth-order valence-corrected chi connectivity index (χ4v) is 2.65. The van der Waals surface area contributed by atoms with Crippen LogP contribution in [-0.2, 0) is 11.4 Å². The molecule has 0 unspecified atom stereocenters. The van der Waals surface area contributed by atoms with Crippen LogP contribution in [-0.4, -0.2) is 19.1 Å². The SMILES string of the molecule is CCCOc1ccc(NC(=O)CNc2ccc(OCc3ccccc3)cc2)cc1. The lowest BCUT2D eigenvalue weighted by atomic mass is 10.2. The van der Waals surface area contributed by atoms with Crippen molar-refractivity contribution >= 4 is 17.3 Å². The van der Waals surface area contributed by atoms with E-state index in [1.165, 1.54) is 0 Å². The number of hydrogen-bond acceptors (Lipinski definition) is 4. The molecule has 29 heavy (non-hydrogen) atoms. The van der Waals surface area contributed by atoms with E-state index in [0.29, 0.717) is 13.2 Å². The van der Waals surface area contributed by atoms with Crippen LogP contribution in [0.3, 0.4) is 0 Å². The molecule has 150 valence electrons. The minimum Gasteiger partial charge on any atom is -0.494 e. The molecule has 3 aromatic rings. The van der Waals surface area contributed by atoms with Gasteiger partial charge in [-0.25, -0.2) is 0 Å². The zero-order valence-corrected chi connectivity index (χ0v) is 16.6. The Morgan fingerprint density at radius 2 is 1.41 bits per heavy atom. The van der Waals surface area contributed by atoms with E-state index in [9.17, 15) is 4.79 Å². The van der Waals surface area contributed by atoms with Crippen molar-refractivity contribution in [3.63, 3.8) is 0 Å². The first-order valence-corrected chi connectivity index (χ1v) is 9.76. The van der Waals surface area contributed by atoms with Crippen LogP contribution in [0.4, 0.5) is 11.4 Å². The monoisotopic (exact) mass is 390 g/mol. The lowest BCUT2D eigenvalue weighted by Gasteiger charge is -2.10. The highest BCUT2D eigenvalue weighted by atomic mass is 16.5. The molecule has 1 amide bonds. The third kappa shape index (κ3) is 6.88. The average molecular weight is 390 g/mol. The van der Waals surface area contributed by atoms with E-state index >= 15 is 0 Å². The maximum Gasteiger partial charge on any atom is 0.243 e. The van der Waals surface area contributed by atoms with Crippen LogP contribution in [0, 0.1) is 0 Å². The van der Waals surface area contributed by atoms with E-state index in [1.807, 2.05) is 78.9 Å². The van der Waals surface area contributed by atoms with Gasteiger partial charge in [0.2, 0.25) is 5.91 Å². The van der Waals surface area contributed by atoms with Gasteiger partial charge in [-0.15, -0.1) is 0 Å². The maximum absolute atomic E-state index is 12.1. The minimum atomic E-state index is -0.114. The van der Waals surface area contributed by atoms with Gasteiger partial charge in [0.15, 0.2) is 0 Å². The molecule has 0 aliphatic carbocycles. The van der Waals surface area contributed by atoms with Gasteiger partial charge in [0.05, 0.1) is 13.2 Å². The fraction of sp³-hybridized carbons (Fsp3) is 0.208. The summed E-state index contributed by atoms with van der Waals surface area (Å²) in [5.74, 6) is 1.48. The Labute approximate surface area is 171 Å². The summed E-state index contributed by atoms with van der Waals surface area (Å²) in [6.45, 7) is 3.45.